The van der Waals surface area contributed by atoms with E-state index in [4.69, 9.17) is 0 Å². The maximum Gasteiger partial charge on any atom is 0.162 e. The van der Waals surface area contributed by atoms with Crippen molar-refractivity contribution >= 4 is 5.78 Å². The van der Waals surface area contributed by atoms with Crippen LogP contribution in [0.1, 0.15) is 28.8 Å². The molecule has 0 atom stereocenters. The number of benzene rings is 1. The van der Waals surface area contributed by atoms with E-state index in [2.05, 4.69) is 4.98 Å². The molecule has 0 aliphatic rings. The predicted octanol–water partition coefficient (Wildman–Crippen LogP) is 3.43. The van der Waals surface area contributed by atoms with Crippen LogP contribution in [0, 0.1) is 5.82 Å². The van der Waals surface area contributed by atoms with Crippen LogP contribution in [0.15, 0.2) is 48.8 Å². The summed E-state index contributed by atoms with van der Waals surface area (Å²) in [5.41, 5.74) is 1.70. The number of aromatic nitrogens is 1. The smallest absolute Gasteiger partial charge is 0.162 e. The van der Waals surface area contributed by atoms with E-state index in [-0.39, 0.29) is 11.6 Å². The van der Waals surface area contributed by atoms with E-state index in [1.165, 1.54) is 24.3 Å². The van der Waals surface area contributed by atoms with Gasteiger partial charge in [-0.15, -0.1) is 0 Å². The third-order valence-corrected chi connectivity index (χ3v) is 2.76. The number of Topliss-reactive ketones (excluding diaryl/α,β-unsaturated/α-hetero) is 1. The van der Waals surface area contributed by atoms with Gasteiger partial charge in [-0.25, -0.2) is 4.39 Å². The molecule has 0 bridgehead atoms. The molecule has 2 nitrogen and oxygen atoms in total. The van der Waals surface area contributed by atoms with Gasteiger partial charge in [0.05, 0.1) is 0 Å². The number of rotatable bonds is 5. The Morgan fingerprint density at radius 3 is 2.61 bits per heavy atom. The van der Waals surface area contributed by atoms with Gasteiger partial charge in [-0.3, -0.25) is 9.78 Å². The van der Waals surface area contributed by atoms with Gasteiger partial charge in [0.25, 0.3) is 0 Å². The summed E-state index contributed by atoms with van der Waals surface area (Å²) in [7, 11) is 0. The molecular formula is C15H14FNO. The minimum atomic E-state index is -0.318. The third kappa shape index (κ3) is 3.48. The lowest BCUT2D eigenvalue weighted by molar-refractivity contribution is 0.0980. The van der Waals surface area contributed by atoms with Crippen LogP contribution in [-0.2, 0) is 6.42 Å². The molecule has 0 spiro atoms. The van der Waals surface area contributed by atoms with Crippen molar-refractivity contribution in [3.63, 3.8) is 0 Å². The summed E-state index contributed by atoms with van der Waals surface area (Å²) in [5, 5.41) is 0. The molecule has 2 rings (SSSR count). The van der Waals surface area contributed by atoms with Crippen LogP contribution >= 0.6 is 0 Å². The Labute approximate surface area is 105 Å². The van der Waals surface area contributed by atoms with Gasteiger partial charge < -0.3 is 0 Å². The molecule has 1 aromatic carbocycles. The topological polar surface area (TPSA) is 30.0 Å². The van der Waals surface area contributed by atoms with Crippen LogP contribution in [0.3, 0.4) is 0 Å². The first-order valence-corrected chi connectivity index (χ1v) is 5.93. The average molecular weight is 243 g/mol. The Kier molecular flexibility index (Phi) is 4.18. The number of hydrogen-bond acceptors (Lipinski definition) is 2. The summed E-state index contributed by atoms with van der Waals surface area (Å²) in [4.78, 5) is 15.8. The molecule has 0 saturated carbocycles. The SMILES string of the molecule is O=C(CCCc1cccnc1)c1ccc(F)cc1. The summed E-state index contributed by atoms with van der Waals surface area (Å²) < 4.78 is 12.7. The minimum Gasteiger partial charge on any atom is -0.294 e. The third-order valence-electron chi connectivity index (χ3n) is 2.76. The molecule has 0 saturated heterocycles. The normalized spacial score (nSPS) is 10.3. The van der Waals surface area contributed by atoms with E-state index in [0.717, 1.165) is 18.4 Å². The second-order valence-electron chi connectivity index (χ2n) is 4.14. The number of pyridine rings is 1. The van der Waals surface area contributed by atoms with Crippen LogP contribution in [-0.4, -0.2) is 10.8 Å². The monoisotopic (exact) mass is 243 g/mol. The van der Waals surface area contributed by atoms with Gasteiger partial charge in [0.2, 0.25) is 0 Å². The highest BCUT2D eigenvalue weighted by Crippen LogP contribution is 2.09. The number of nitrogens with zero attached hydrogens (tertiary/aromatic N) is 1. The van der Waals surface area contributed by atoms with Crippen LogP contribution in [0.2, 0.25) is 0 Å². The number of ketones is 1. The number of hydrogen-bond donors (Lipinski definition) is 0. The zero-order valence-electron chi connectivity index (χ0n) is 9.97. The largest absolute Gasteiger partial charge is 0.294 e. The zero-order chi connectivity index (χ0) is 12.8. The van der Waals surface area contributed by atoms with Crippen molar-refractivity contribution < 1.29 is 9.18 Å². The Morgan fingerprint density at radius 1 is 1.17 bits per heavy atom. The Morgan fingerprint density at radius 2 is 1.94 bits per heavy atom. The van der Waals surface area contributed by atoms with Crippen molar-refractivity contribution in [2.75, 3.05) is 0 Å². The summed E-state index contributed by atoms with van der Waals surface area (Å²) in [6, 6.07) is 9.57. The minimum absolute atomic E-state index is 0.0545. The number of halogens is 1. The maximum absolute atomic E-state index is 12.7. The molecule has 2 aromatic rings. The molecule has 0 aliphatic carbocycles. The van der Waals surface area contributed by atoms with Crippen LogP contribution in [0.5, 0.6) is 0 Å². The van der Waals surface area contributed by atoms with E-state index < -0.39 is 0 Å². The molecule has 1 heterocycles. The fourth-order valence-electron chi connectivity index (χ4n) is 1.78. The van der Waals surface area contributed by atoms with Crippen LogP contribution in [0.25, 0.3) is 0 Å². The standard InChI is InChI=1S/C15H14FNO/c16-14-8-6-13(7-9-14)15(18)5-1-3-12-4-2-10-17-11-12/h2,4,6-11H,1,3,5H2. The molecule has 0 fully saturated rings. The second kappa shape index (κ2) is 6.05. The van der Waals surface area contributed by atoms with Gasteiger partial charge in [0.15, 0.2) is 5.78 Å². The molecule has 0 N–H and O–H groups in total. The molecule has 1 aromatic heterocycles. The molecule has 0 aliphatic heterocycles. The summed E-state index contributed by atoms with van der Waals surface area (Å²) in [6.07, 6.45) is 5.62. The van der Waals surface area contributed by atoms with E-state index in [1.54, 1.807) is 6.20 Å². The van der Waals surface area contributed by atoms with Crippen molar-refractivity contribution in [1.29, 1.82) is 0 Å². The zero-order valence-corrected chi connectivity index (χ0v) is 9.97. The number of aryl methyl sites for hydroxylation is 1. The number of carbonyl (C=O) groups is 1. The van der Waals surface area contributed by atoms with Gasteiger partial charge in [-0.2, -0.15) is 0 Å². The number of carbonyl (C=O) groups excluding carboxylic acids is 1. The van der Waals surface area contributed by atoms with Gasteiger partial charge >= 0.3 is 0 Å². The first-order valence-electron chi connectivity index (χ1n) is 5.93. The van der Waals surface area contributed by atoms with Gasteiger partial charge in [-0.1, -0.05) is 6.07 Å². The van der Waals surface area contributed by atoms with E-state index >= 15 is 0 Å². The van der Waals surface area contributed by atoms with Crippen molar-refractivity contribution in [3.05, 3.63) is 65.7 Å². The maximum atomic E-state index is 12.7. The second-order valence-corrected chi connectivity index (χ2v) is 4.14. The fourth-order valence-corrected chi connectivity index (χ4v) is 1.78. The Hall–Kier alpha value is -2.03. The summed E-state index contributed by atoms with van der Waals surface area (Å²) in [6.45, 7) is 0. The Bertz CT molecular complexity index is 508. The molecule has 92 valence electrons. The first kappa shape index (κ1) is 12.4. The highest BCUT2D eigenvalue weighted by atomic mass is 19.1. The molecule has 0 amide bonds. The van der Waals surface area contributed by atoms with Gasteiger partial charge in [-0.05, 0) is 48.7 Å². The van der Waals surface area contributed by atoms with Crippen molar-refractivity contribution in [2.24, 2.45) is 0 Å². The van der Waals surface area contributed by atoms with E-state index in [0.29, 0.717) is 12.0 Å². The fraction of sp³-hybridized carbons (Fsp3) is 0.200. The molecule has 0 unspecified atom stereocenters. The summed E-state index contributed by atoms with van der Waals surface area (Å²) >= 11 is 0. The lowest BCUT2D eigenvalue weighted by Crippen LogP contribution is -2.00. The van der Waals surface area contributed by atoms with Crippen molar-refractivity contribution in [2.45, 2.75) is 19.3 Å². The molecule has 0 radical (unpaired) electrons. The Balaban J connectivity index is 1.84. The lowest BCUT2D eigenvalue weighted by atomic mass is 10.0. The lowest BCUT2D eigenvalue weighted by Gasteiger charge is -2.01. The quantitative estimate of drug-likeness (QED) is 0.753. The molecule has 3 heteroatoms. The van der Waals surface area contributed by atoms with Gasteiger partial charge in [0.1, 0.15) is 5.82 Å². The highest BCUT2D eigenvalue weighted by Gasteiger charge is 2.05. The average Bonchev–Trinajstić information content (AvgIpc) is 2.40. The molecule has 18 heavy (non-hydrogen) atoms. The van der Waals surface area contributed by atoms with Crippen LogP contribution in [0.4, 0.5) is 4.39 Å². The van der Waals surface area contributed by atoms with Crippen molar-refractivity contribution in [3.8, 4) is 0 Å². The molecular weight excluding hydrogens is 229 g/mol. The van der Waals surface area contributed by atoms with Gasteiger partial charge in [0, 0.05) is 24.4 Å². The van der Waals surface area contributed by atoms with E-state index in [1.807, 2.05) is 18.3 Å². The van der Waals surface area contributed by atoms with Crippen LogP contribution < -0.4 is 0 Å². The predicted molar refractivity (Wildman–Crippen MR) is 67.9 cm³/mol. The first-order chi connectivity index (χ1) is 8.75. The highest BCUT2D eigenvalue weighted by molar-refractivity contribution is 5.95. The van der Waals surface area contributed by atoms with Crippen molar-refractivity contribution in [1.82, 2.24) is 4.98 Å². The van der Waals surface area contributed by atoms with E-state index in [9.17, 15) is 9.18 Å². The summed E-state index contributed by atoms with van der Waals surface area (Å²) in [5.74, 6) is -0.263.